The highest BCUT2D eigenvalue weighted by Crippen LogP contribution is 2.12. The standard InChI is InChI=1S/C17H22N2/c1-14-6-5-7-15(12-14)13-19(2)11-10-16-8-3-4-9-17(16)18/h3-9,12H,10-11,13,18H2,1-2H3. The van der Waals surface area contributed by atoms with Crippen LogP contribution in [0.15, 0.2) is 48.5 Å². The molecule has 0 saturated carbocycles. The normalized spacial score (nSPS) is 10.9. The molecule has 2 rings (SSSR count). The van der Waals surface area contributed by atoms with E-state index in [-0.39, 0.29) is 0 Å². The van der Waals surface area contributed by atoms with Gasteiger partial charge in [0.15, 0.2) is 0 Å². The molecule has 0 fully saturated rings. The molecule has 100 valence electrons. The van der Waals surface area contributed by atoms with Crippen LogP contribution >= 0.6 is 0 Å². The van der Waals surface area contributed by atoms with Crippen molar-refractivity contribution in [1.82, 2.24) is 4.90 Å². The molecule has 0 saturated heterocycles. The Kier molecular flexibility index (Phi) is 4.58. The van der Waals surface area contributed by atoms with Crippen molar-refractivity contribution in [3.8, 4) is 0 Å². The summed E-state index contributed by atoms with van der Waals surface area (Å²) in [5, 5.41) is 0. The van der Waals surface area contributed by atoms with Crippen molar-refractivity contribution in [3.63, 3.8) is 0 Å². The molecule has 0 aliphatic heterocycles. The van der Waals surface area contributed by atoms with Gasteiger partial charge in [0, 0.05) is 18.8 Å². The van der Waals surface area contributed by atoms with E-state index in [2.05, 4.69) is 49.2 Å². The van der Waals surface area contributed by atoms with Crippen LogP contribution in [0.4, 0.5) is 5.69 Å². The van der Waals surface area contributed by atoms with Crippen molar-refractivity contribution in [2.24, 2.45) is 0 Å². The van der Waals surface area contributed by atoms with Crippen molar-refractivity contribution in [1.29, 1.82) is 0 Å². The zero-order chi connectivity index (χ0) is 13.7. The zero-order valence-electron chi connectivity index (χ0n) is 11.8. The Morgan fingerprint density at radius 1 is 1.05 bits per heavy atom. The van der Waals surface area contributed by atoms with Gasteiger partial charge in [-0.15, -0.1) is 0 Å². The zero-order valence-corrected chi connectivity index (χ0v) is 11.8. The molecule has 0 bridgehead atoms. The fourth-order valence-electron chi connectivity index (χ4n) is 2.27. The smallest absolute Gasteiger partial charge is 0.0347 e. The predicted octanol–water partition coefficient (Wildman–Crippen LogP) is 3.25. The number of hydrogen-bond donors (Lipinski definition) is 1. The van der Waals surface area contributed by atoms with Gasteiger partial charge in [0.1, 0.15) is 0 Å². The summed E-state index contributed by atoms with van der Waals surface area (Å²) in [5.41, 5.74) is 10.8. The van der Waals surface area contributed by atoms with Crippen molar-refractivity contribution < 1.29 is 0 Å². The second-order valence-electron chi connectivity index (χ2n) is 5.18. The average Bonchev–Trinajstić information content (AvgIpc) is 2.38. The molecule has 19 heavy (non-hydrogen) atoms. The lowest BCUT2D eigenvalue weighted by atomic mass is 10.1. The van der Waals surface area contributed by atoms with Gasteiger partial charge < -0.3 is 10.6 Å². The van der Waals surface area contributed by atoms with Gasteiger partial charge in [-0.2, -0.15) is 0 Å². The minimum absolute atomic E-state index is 0.895. The Bertz CT molecular complexity index is 534. The molecular formula is C17H22N2. The molecule has 0 aliphatic carbocycles. The van der Waals surface area contributed by atoms with Crippen LogP contribution in [0.25, 0.3) is 0 Å². The number of para-hydroxylation sites is 1. The van der Waals surface area contributed by atoms with Gasteiger partial charge in [-0.3, -0.25) is 0 Å². The van der Waals surface area contributed by atoms with Crippen LogP contribution in [0.2, 0.25) is 0 Å². The maximum atomic E-state index is 5.96. The van der Waals surface area contributed by atoms with Gasteiger partial charge in [0.05, 0.1) is 0 Å². The molecule has 2 aromatic carbocycles. The molecule has 0 unspecified atom stereocenters. The highest BCUT2D eigenvalue weighted by atomic mass is 15.1. The lowest BCUT2D eigenvalue weighted by Crippen LogP contribution is -2.21. The Balaban J connectivity index is 1.88. The number of rotatable bonds is 5. The van der Waals surface area contributed by atoms with E-state index in [1.54, 1.807) is 0 Å². The van der Waals surface area contributed by atoms with Gasteiger partial charge >= 0.3 is 0 Å². The first-order chi connectivity index (χ1) is 9.15. The van der Waals surface area contributed by atoms with Gasteiger partial charge in [0.25, 0.3) is 0 Å². The van der Waals surface area contributed by atoms with Crippen molar-refractivity contribution in [2.75, 3.05) is 19.3 Å². The molecule has 0 atom stereocenters. The molecule has 0 radical (unpaired) electrons. The molecule has 2 heteroatoms. The molecular weight excluding hydrogens is 232 g/mol. The number of nitrogens with zero attached hydrogens (tertiary/aromatic N) is 1. The van der Waals surface area contributed by atoms with E-state index in [1.807, 2.05) is 18.2 Å². The Hall–Kier alpha value is -1.80. The Labute approximate surface area is 115 Å². The first-order valence-corrected chi connectivity index (χ1v) is 6.72. The van der Waals surface area contributed by atoms with E-state index in [1.165, 1.54) is 16.7 Å². The number of nitrogen functional groups attached to an aromatic ring is 1. The van der Waals surface area contributed by atoms with E-state index >= 15 is 0 Å². The Morgan fingerprint density at radius 2 is 1.84 bits per heavy atom. The molecule has 0 heterocycles. The van der Waals surface area contributed by atoms with Crippen LogP contribution in [-0.4, -0.2) is 18.5 Å². The summed E-state index contributed by atoms with van der Waals surface area (Å²) in [5.74, 6) is 0. The monoisotopic (exact) mass is 254 g/mol. The molecule has 0 aromatic heterocycles. The number of nitrogens with two attached hydrogens (primary N) is 1. The minimum atomic E-state index is 0.895. The number of aryl methyl sites for hydroxylation is 1. The molecule has 2 aromatic rings. The predicted molar refractivity (Wildman–Crippen MR) is 82.1 cm³/mol. The van der Waals surface area contributed by atoms with Crippen LogP contribution in [-0.2, 0) is 13.0 Å². The van der Waals surface area contributed by atoms with E-state index in [4.69, 9.17) is 5.73 Å². The molecule has 0 amide bonds. The van der Waals surface area contributed by atoms with Crippen molar-refractivity contribution in [3.05, 3.63) is 65.2 Å². The van der Waals surface area contributed by atoms with Crippen LogP contribution in [0.3, 0.4) is 0 Å². The topological polar surface area (TPSA) is 29.3 Å². The summed E-state index contributed by atoms with van der Waals surface area (Å²) in [6, 6.07) is 16.8. The molecule has 2 N–H and O–H groups in total. The quantitative estimate of drug-likeness (QED) is 0.830. The van der Waals surface area contributed by atoms with E-state index in [0.29, 0.717) is 0 Å². The number of anilines is 1. The number of likely N-dealkylation sites (N-methyl/N-ethyl adjacent to an activating group) is 1. The largest absolute Gasteiger partial charge is 0.399 e. The summed E-state index contributed by atoms with van der Waals surface area (Å²) in [4.78, 5) is 2.33. The van der Waals surface area contributed by atoms with Crippen LogP contribution in [0.5, 0.6) is 0 Å². The summed E-state index contributed by atoms with van der Waals surface area (Å²) in [7, 11) is 2.15. The summed E-state index contributed by atoms with van der Waals surface area (Å²) in [6.45, 7) is 4.13. The van der Waals surface area contributed by atoms with Gasteiger partial charge in [-0.25, -0.2) is 0 Å². The summed E-state index contributed by atoms with van der Waals surface area (Å²) >= 11 is 0. The van der Waals surface area contributed by atoms with Gasteiger partial charge in [0.2, 0.25) is 0 Å². The molecule has 2 nitrogen and oxygen atoms in total. The van der Waals surface area contributed by atoms with Gasteiger partial charge in [-0.05, 0) is 37.6 Å². The summed E-state index contributed by atoms with van der Waals surface area (Å²) in [6.07, 6.45) is 0.995. The van der Waals surface area contributed by atoms with Crippen LogP contribution in [0.1, 0.15) is 16.7 Å². The number of hydrogen-bond acceptors (Lipinski definition) is 2. The van der Waals surface area contributed by atoms with Crippen molar-refractivity contribution >= 4 is 5.69 Å². The highest BCUT2D eigenvalue weighted by molar-refractivity contribution is 5.46. The molecule has 0 aliphatic rings. The molecule has 0 spiro atoms. The Morgan fingerprint density at radius 3 is 2.58 bits per heavy atom. The van der Waals surface area contributed by atoms with Crippen LogP contribution < -0.4 is 5.73 Å². The number of benzene rings is 2. The average molecular weight is 254 g/mol. The van der Waals surface area contributed by atoms with E-state index in [9.17, 15) is 0 Å². The second-order valence-corrected chi connectivity index (χ2v) is 5.18. The third kappa shape index (κ3) is 4.11. The van der Waals surface area contributed by atoms with Crippen LogP contribution in [0, 0.1) is 6.92 Å². The SMILES string of the molecule is Cc1cccc(CN(C)CCc2ccccc2N)c1. The third-order valence-electron chi connectivity index (χ3n) is 3.35. The van der Waals surface area contributed by atoms with E-state index in [0.717, 1.165) is 25.2 Å². The first-order valence-electron chi connectivity index (χ1n) is 6.72. The second kappa shape index (κ2) is 6.39. The highest BCUT2D eigenvalue weighted by Gasteiger charge is 2.03. The fourth-order valence-corrected chi connectivity index (χ4v) is 2.27. The maximum Gasteiger partial charge on any atom is 0.0347 e. The fraction of sp³-hybridized carbons (Fsp3) is 0.294. The van der Waals surface area contributed by atoms with Crippen molar-refractivity contribution in [2.45, 2.75) is 19.9 Å². The summed E-state index contributed by atoms with van der Waals surface area (Å²) < 4.78 is 0. The lowest BCUT2D eigenvalue weighted by molar-refractivity contribution is 0.331. The maximum absolute atomic E-state index is 5.96. The lowest BCUT2D eigenvalue weighted by Gasteiger charge is -2.17. The first kappa shape index (κ1) is 13.6. The van der Waals surface area contributed by atoms with E-state index < -0.39 is 0 Å². The third-order valence-corrected chi connectivity index (χ3v) is 3.35. The minimum Gasteiger partial charge on any atom is -0.399 e. The van der Waals surface area contributed by atoms with Gasteiger partial charge in [-0.1, -0.05) is 48.0 Å².